The normalized spacial score (nSPS) is 21.9. The number of tetrazole rings is 1. The van der Waals surface area contributed by atoms with Crippen molar-refractivity contribution in [2.45, 2.75) is 31.8 Å². The molecule has 108 valence electrons. The van der Waals surface area contributed by atoms with E-state index in [1.807, 2.05) is 4.68 Å². The van der Waals surface area contributed by atoms with Gasteiger partial charge in [0.2, 0.25) is 0 Å². The quantitative estimate of drug-likeness (QED) is 0.680. The van der Waals surface area contributed by atoms with Gasteiger partial charge in [-0.25, -0.2) is 4.68 Å². The van der Waals surface area contributed by atoms with Gasteiger partial charge < -0.3 is 15.5 Å². The van der Waals surface area contributed by atoms with Crippen molar-refractivity contribution < 1.29 is 0 Å². The molecule has 1 aliphatic rings. The van der Waals surface area contributed by atoms with Crippen LogP contribution in [-0.2, 0) is 13.0 Å². The molecule has 1 unspecified atom stereocenters. The van der Waals surface area contributed by atoms with Gasteiger partial charge in [0.05, 0.1) is 0 Å². The predicted octanol–water partition coefficient (Wildman–Crippen LogP) is -0.800. The molecular weight excluding hydrogens is 242 g/mol. The Balaban J connectivity index is 1.92. The second-order valence-corrected chi connectivity index (χ2v) is 5.41. The first-order valence-electron chi connectivity index (χ1n) is 7.04. The fraction of sp³-hybridized carbons (Fsp3) is 0.917. The van der Waals surface area contributed by atoms with E-state index in [9.17, 15) is 0 Å². The van der Waals surface area contributed by atoms with Gasteiger partial charge in [-0.1, -0.05) is 0 Å². The summed E-state index contributed by atoms with van der Waals surface area (Å²) in [4.78, 5) is 4.77. The van der Waals surface area contributed by atoms with Crippen LogP contribution in [0.25, 0.3) is 0 Å². The zero-order chi connectivity index (χ0) is 13.7. The number of rotatable bonds is 6. The molecule has 1 aliphatic heterocycles. The fourth-order valence-corrected chi connectivity index (χ4v) is 2.48. The van der Waals surface area contributed by atoms with E-state index in [1.54, 1.807) is 0 Å². The van der Waals surface area contributed by atoms with Crippen LogP contribution in [0.3, 0.4) is 0 Å². The lowest BCUT2D eigenvalue weighted by atomic mass is 10.1. The number of hydrogen-bond donors (Lipinski definition) is 1. The van der Waals surface area contributed by atoms with E-state index in [-0.39, 0.29) is 0 Å². The average molecular weight is 267 g/mol. The topological polar surface area (TPSA) is 76.1 Å². The largest absolute Gasteiger partial charge is 0.330 e. The van der Waals surface area contributed by atoms with Crippen LogP contribution in [0.5, 0.6) is 0 Å². The molecule has 2 heterocycles. The third kappa shape index (κ3) is 3.95. The van der Waals surface area contributed by atoms with Gasteiger partial charge >= 0.3 is 0 Å². The Hall–Kier alpha value is -1.05. The minimum absolute atomic E-state index is 0.498. The van der Waals surface area contributed by atoms with Gasteiger partial charge in [0.1, 0.15) is 0 Å². The summed E-state index contributed by atoms with van der Waals surface area (Å²) in [6.45, 7) is 4.91. The maximum absolute atomic E-state index is 5.52. The molecule has 1 fully saturated rings. The molecule has 0 radical (unpaired) electrons. The second kappa shape index (κ2) is 6.93. The standard InChI is InChI=1S/C12H25N7/c1-17-7-8-18(2)11(10-17)9-12-14-15-16-19(12)6-4-3-5-13/h11H,3-10,13H2,1-2H3. The Morgan fingerprint density at radius 1 is 1.26 bits per heavy atom. The first-order valence-corrected chi connectivity index (χ1v) is 7.04. The highest BCUT2D eigenvalue weighted by Crippen LogP contribution is 2.11. The highest BCUT2D eigenvalue weighted by Gasteiger charge is 2.24. The molecule has 1 atom stereocenters. The number of piperazine rings is 1. The van der Waals surface area contributed by atoms with Crippen LogP contribution in [0.1, 0.15) is 18.7 Å². The van der Waals surface area contributed by atoms with Crippen molar-refractivity contribution in [1.82, 2.24) is 30.0 Å². The van der Waals surface area contributed by atoms with E-state index >= 15 is 0 Å². The van der Waals surface area contributed by atoms with Crippen molar-refractivity contribution in [2.75, 3.05) is 40.3 Å². The van der Waals surface area contributed by atoms with Gasteiger partial charge in [0.15, 0.2) is 5.82 Å². The summed E-state index contributed by atoms with van der Waals surface area (Å²) < 4.78 is 1.93. The lowest BCUT2D eigenvalue weighted by Gasteiger charge is -2.37. The van der Waals surface area contributed by atoms with E-state index in [0.717, 1.165) is 57.8 Å². The molecule has 0 bridgehead atoms. The molecule has 1 aromatic heterocycles. The Morgan fingerprint density at radius 3 is 2.89 bits per heavy atom. The van der Waals surface area contributed by atoms with E-state index in [0.29, 0.717) is 6.04 Å². The number of nitrogens with two attached hydrogens (primary N) is 1. The lowest BCUT2D eigenvalue weighted by molar-refractivity contribution is 0.112. The average Bonchev–Trinajstić information content (AvgIpc) is 2.82. The summed E-state index contributed by atoms with van der Waals surface area (Å²) >= 11 is 0. The van der Waals surface area contributed by atoms with Crippen molar-refractivity contribution in [2.24, 2.45) is 5.73 Å². The van der Waals surface area contributed by atoms with Crippen LogP contribution in [0.2, 0.25) is 0 Å². The Labute approximate surface area is 114 Å². The van der Waals surface area contributed by atoms with Gasteiger partial charge in [-0.15, -0.1) is 5.10 Å². The minimum Gasteiger partial charge on any atom is -0.330 e. The first-order chi connectivity index (χ1) is 9.20. The molecule has 7 nitrogen and oxygen atoms in total. The van der Waals surface area contributed by atoms with Crippen LogP contribution in [0.15, 0.2) is 0 Å². The van der Waals surface area contributed by atoms with Crippen LogP contribution >= 0.6 is 0 Å². The Kier molecular flexibility index (Phi) is 5.24. The highest BCUT2D eigenvalue weighted by atomic mass is 15.5. The molecule has 2 N–H and O–H groups in total. The predicted molar refractivity (Wildman–Crippen MR) is 73.7 cm³/mol. The van der Waals surface area contributed by atoms with Crippen molar-refractivity contribution in [1.29, 1.82) is 0 Å². The van der Waals surface area contributed by atoms with Gasteiger partial charge in [0.25, 0.3) is 0 Å². The van der Waals surface area contributed by atoms with E-state index in [2.05, 4.69) is 39.4 Å². The summed E-state index contributed by atoms with van der Waals surface area (Å²) in [5.41, 5.74) is 5.52. The monoisotopic (exact) mass is 267 g/mol. The van der Waals surface area contributed by atoms with Gasteiger partial charge in [-0.3, -0.25) is 0 Å². The third-order valence-electron chi connectivity index (χ3n) is 3.83. The molecule has 0 aliphatic carbocycles. The summed E-state index contributed by atoms with van der Waals surface area (Å²) in [7, 11) is 4.35. The molecule has 2 rings (SSSR count). The lowest BCUT2D eigenvalue weighted by Crippen LogP contribution is -2.51. The number of aromatic nitrogens is 4. The van der Waals surface area contributed by atoms with Crippen LogP contribution in [0, 0.1) is 0 Å². The Morgan fingerprint density at radius 2 is 2.11 bits per heavy atom. The smallest absolute Gasteiger partial charge is 0.152 e. The molecule has 0 saturated carbocycles. The number of unbranched alkanes of at least 4 members (excludes halogenated alkanes) is 1. The Bertz CT molecular complexity index is 378. The number of hydrogen-bond acceptors (Lipinski definition) is 6. The van der Waals surface area contributed by atoms with E-state index in [4.69, 9.17) is 5.73 Å². The minimum atomic E-state index is 0.498. The highest BCUT2D eigenvalue weighted by molar-refractivity contribution is 4.91. The zero-order valence-corrected chi connectivity index (χ0v) is 12.0. The summed E-state index contributed by atoms with van der Waals surface area (Å²) in [6.07, 6.45) is 2.97. The van der Waals surface area contributed by atoms with E-state index in [1.165, 1.54) is 0 Å². The maximum atomic E-state index is 5.52. The van der Waals surface area contributed by atoms with Crippen LogP contribution < -0.4 is 5.73 Å². The summed E-state index contributed by atoms with van der Waals surface area (Å²) in [6, 6.07) is 0.498. The van der Waals surface area contributed by atoms with Gasteiger partial charge in [0, 0.05) is 38.6 Å². The first kappa shape index (κ1) is 14.4. The SMILES string of the molecule is CN1CCN(C)C(Cc2nnnn2CCCCN)C1. The summed E-state index contributed by atoms with van der Waals surface area (Å²) in [5.74, 6) is 0.990. The molecule has 0 aromatic carbocycles. The molecule has 1 aromatic rings. The van der Waals surface area contributed by atoms with E-state index < -0.39 is 0 Å². The number of likely N-dealkylation sites (N-methyl/N-ethyl adjacent to an activating group) is 2. The molecule has 1 saturated heterocycles. The van der Waals surface area contributed by atoms with Crippen LogP contribution in [-0.4, -0.2) is 76.3 Å². The zero-order valence-electron chi connectivity index (χ0n) is 12.0. The van der Waals surface area contributed by atoms with Crippen molar-refractivity contribution >= 4 is 0 Å². The number of nitrogens with zero attached hydrogens (tertiary/aromatic N) is 6. The third-order valence-corrected chi connectivity index (χ3v) is 3.83. The maximum Gasteiger partial charge on any atom is 0.152 e. The number of aryl methyl sites for hydroxylation is 1. The molecular formula is C12H25N7. The van der Waals surface area contributed by atoms with Gasteiger partial charge in [-0.05, 0) is 43.9 Å². The van der Waals surface area contributed by atoms with Gasteiger partial charge in [-0.2, -0.15) is 0 Å². The molecule has 0 spiro atoms. The van der Waals surface area contributed by atoms with Crippen molar-refractivity contribution in [3.63, 3.8) is 0 Å². The fourth-order valence-electron chi connectivity index (χ4n) is 2.48. The van der Waals surface area contributed by atoms with Crippen molar-refractivity contribution in [3.8, 4) is 0 Å². The summed E-state index contributed by atoms with van der Waals surface area (Å²) in [5, 5.41) is 12.1. The molecule has 7 heteroatoms. The molecule has 19 heavy (non-hydrogen) atoms. The second-order valence-electron chi connectivity index (χ2n) is 5.41. The molecule has 0 amide bonds. The van der Waals surface area contributed by atoms with Crippen molar-refractivity contribution in [3.05, 3.63) is 5.82 Å². The van der Waals surface area contributed by atoms with Crippen LogP contribution in [0.4, 0.5) is 0 Å².